The largest absolute Gasteiger partial charge is 0.508 e. The van der Waals surface area contributed by atoms with Gasteiger partial charge < -0.3 is 19.9 Å². The van der Waals surface area contributed by atoms with Gasteiger partial charge >= 0.3 is 0 Å². The van der Waals surface area contributed by atoms with Crippen LogP contribution in [0.2, 0.25) is 0 Å². The summed E-state index contributed by atoms with van der Waals surface area (Å²) in [5.41, 5.74) is 1.06. The molecule has 0 spiro atoms. The molecular weight excluding hydrogens is 292 g/mol. The first-order valence-electron chi connectivity index (χ1n) is 8.60. The van der Waals surface area contributed by atoms with Gasteiger partial charge in [-0.3, -0.25) is 4.90 Å². The SMILES string of the molecule is CCCCC[C@H](c1c(OC)cc(O)cc1OC)N1CCNCC1. The first-order valence-corrected chi connectivity index (χ1v) is 8.60. The number of hydrogen-bond acceptors (Lipinski definition) is 5. The molecule has 23 heavy (non-hydrogen) atoms. The second-order valence-electron chi connectivity index (χ2n) is 6.06. The number of methoxy groups -OCH3 is 2. The number of nitrogens with zero attached hydrogens (tertiary/aromatic N) is 1. The van der Waals surface area contributed by atoms with Crippen molar-refractivity contribution in [1.82, 2.24) is 10.2 Å². The molecule has 1 heterocycles. The number of piperazine rings is 1. The van der Waals surface area contributed by atoms with Gasteiger partial charge in [-0.25, -0.2) is 0 Å². The van der Waals surface area contributed by atoms with Crippen molar-refractivity contribution in [3.8, 4) is 17.2 Å². The van der Waals surface area contributed by atoms with Gasteiger partial charge in [-0.1, -0.05) is 26.2 Å². The van der Waals surface area contributed by atoms with Crippen LogP contribution in [0, 0.1) is 0 Å². The minimum atomic E-state index is 0.176. The van der Waals surface area contributed by atoms with E-state index in [9.17, 15) is 5.11 Å². The standard InChI is InChI=1S/C18H30N2O3/c1-4-5-6-7-15(20-10-8-19-9-11-20)18-16(22-2)12-14(21)13-17(18)23-3/h12-13,15,19,21H,4-11H2,1-3H3/t15-/m1/s1. The first-order chi connectivity index (χ1) is 11.2. The summed E-state index contributed by atoms with van der Waals surface area (Å²) in [5, 5.41) is 13.3. The van der Waals surface area contributed by atoms with Gasteiger partial charge in [0.05, 0.1) is 19.8 Å². The quantitative estimate of drug-likeness (QED) is 0.721. The molecule has 2 rings (SSSR count). The molecule has 0 bridgehead atoms. The second kappa shape index (κ2) is 8.99. The molecule has 0 unspecified atom stereocenters. The van der Waals surface area contributed by atoms with E-state index < -0.39 is 0 Å². The van der Waals surface area contributed by atoms with Crippen LogP contribution < -0.4 is 14.8 Å². The predicted octanol–water partition coefficient (Wildman–Crippen LogP) is 2.94. The van der Waals surface area contributed by atoms with Gasteiger partial charge in [0.15, 0.2) is 0 Å². The predicted molar refractivity (Wildman–Crippen MR) is 92.5 cm³/mol. The molecule has 1 saturated heterocycles. The van der Waals surface area contributed by atoms with E-state index in [1.54, 1.807) is 26.4 Å². The molecule has 0 radical (unpaired) electrons. The smallest absolute Gasteiger partial charge is 0.131 e. The lowest BCUT2D eigenvalue weighted by molar-refractivity contribution is 0.157. The van der Waals surface area contributed by atoms with Gasteiger partial charge in [-0.05, 0) is 6.42 Å². The van der Waals surface area contributed by atoms with E-state index in [0.717, 1.165) is 38.2 Å². The highest BCUT2D eigenvalue weighted by atomic mass is 16.5. The lowest BCUT2D eigenvalue weighted by atomic mass is 9.96. The molecule has 1 aliphatic rings. The fraction of sp³-hybridized carbons (Fsp3) is 0.667. The number of nitrogens with one attached hydrogen (secondary N) is 1. The Morgan fingerprint density at radius 3 is 2.26 bits per heavy atom. The van der Waals surface area contributed by atoms with Gasteiger partial charge in [0.2, 0.25) is 0 Å². The molecule has 1 atom stereocenters. The van der Waals surface area contributed by atoms with E-state index in [2.05, 4.69) is 17.1 Å². The molecule has 1 fully saturated rings. The van der Waals surface area contributed by atoms with E-state index in [-0.39, 0.29) is 11.8 Å². The molecule has 5 heteroatoms. The van der Waals surface area contributed by atoms with Gasteiger partial charge in [0.25, 0.3) is 0 Å². The Bertz CT molecular complexity index is 462. The lowest BCUT2D eigenvalue weighted by Crippen LogP contribution is -2.45. The average Bonchev–Trinajstić information content (AvgIpc) is 2.59. The molecule has 1 aromatic rings. The second-order valence-corrected chi connectivity index (χ2v) is 6.06. The molecular formula is C18H30N2O3. The monoisotopic (exact) mass is 322 g/mol. The molecule has 1 aliphatic heterocycles. The number of phenolic OH excluding ortho intramolecular Hbond substituents is 1. The number of benzene rings is 1. The van der Waals surface area contributed by atoms with Gasteiger partial charge in [0, 0.05) is 44.4 Å². The van der Waals surface area contributed by atoms with Crippen molar-refractivity contribution >= 4 is 0 Å². The third-order valence-electron chi connectivity index (χ3n) is 4.54. The Balaban J connectivity index is 2.36. The maximum Gasteiger partial charge on any atom is 0.131 e. The highest BCUT2D eigenvalue weighted by Gasteiger charge is 2.28. The van der Waals surface area contributed by atoms with E-state index >= 15 is 0 Å². The van der Waals surface area contributed by atoms with Crippen LogP contribution >= 0.6 is 0 Å². The topological polar surface area (TPSA) is 54.0 Å². The van der Waals surface area contributed by atoms with Crippen molar-refractivity contribution < 1.29 is 14.6 Å². The maximum atomic E-state index is 9.90. The van der Waals surface area contributed by atoms with Crippen molar-refractivity contribution in [3.05, 3.63) is 17.7 Å². The Morgan fingerprint density at radius 1 is 1.13 bits per heavy atom. The summed E-state index contributed by atoms with van der Waals surface area (Å²) in [5.74, 6) is 1.60. The van der Waals surface area contributed by atoms with Crippen LogP contribution in [-0.4, -0.2) is 50.4 Å². The molecule has 2 N–H and O–H groups in total. The van der Waals surface area contributed by atoms with Crippen LogP contribution in [0.15, 0.2) is 12.1 Å². The maximum absolute atomic E-state index is 9.90. The van der Waals surface area contributed by atoms with Gasteiger partial charge in [-0.15, -0.1) is 0 Å². The Kier molecular flexibility index (Phi) is 6.99. The number of aromatic hydroxyl groups is 1. The minimum absolute atomic E-state index is 0.176. The summed E-state index contributed by atoms with van der Waals surface area (Å²) >= 11 is 0. The van der Waals surface area contributed by atoms with E-state index in [0.29, 0.717) is 11.5 Å². The molecule has 0 aromatic heterocycles. The van der Waals surface area contributed by atoms with Crippen molar-refractivity contribution in [1.29, 1.82) is 0 Å². The third-order valence-corrected chi connectivity index (χ3v) is 4.54. The number of phenols is 1. The molecule has 130 valence electrons. The van der Waals surface area contributed by atoms with Crippen molar-refractivity contribution in [2.45, 2.75) is 38.6 Å². The molecule has 5 nitrogen and oxygen atoms in total. The molecule has 0 aliphatic carbocycles. The zero-order valence-corrected chi connectivity index (χ0v) is 14.6. The van der Waals surface area contributed by atoms with E-state index in [1.165, 1.54) is 19.3 Å². The lowest BCUT2D eigenvalue weighted by Gasteiger charge is -2.36. The number of ether oxygens (including phenoxy) is 2. The Labute approximate surface area is 139 Å². The number of unbranched alkanes of at least 4 members (excludes halogenated alkanes) is 2. The number of hydrogen-bond donors (Lipinski definition) is 2. The van der Waals surface area contributed by atoms with Crippen LogP contribution in [0.1, 0.15) is 44.2 Å². The van der Waals surface area contributed by atoms with Crippen LogP contribution in [0.5, 0.6) is 17.2 Å². The fourth-order valence-electron chi connectivity index (χ4n) is 3.34. The molecule has 0 saturated carbocycles. The normalized spacial score (nSPS) is 17.0. The molecule has 0 amide bonds. The Hall–Kier alpha value is -1.46. The summed E-state index contributed by atoms with van der Waals surface area (Å²) in [7, 11) is 3.30. The zero-order valence-electron chi connectivity index (χ0n) is 14.6. The van der Waals surface area contributed by atoms with E-state index in [4.69, 9.17) is 9.47 Å². The Morgan fingerprint density at radius 2 is 1.74 bits per heavy atom. The zero-order chi connectivity index (χ0) is 16.7. The summed E-state index contributed by atoms with van der Waals surface area (Å²) in [6.07, 6.45) is 4.69. The van der Waals surface area contributed by atoms with Gasteiger partial charge in [-0.2, -0.15) is 0 Å². The molecule has 1 aromatic carbocycles. The number of rotatable bonds is 8. The van der Waals surface area contributed by atoms with Crippen molar-refractivity contribution in [2.24, 2.45) is 0 Å². The summed E-state index contributed by atoms with van der Waals surface area (Å²) in [6, 6.07) is 3.63. The summed E-state index contributed by atoms with van der Waals surface area (Å²) in [4.78, 5) is 2.50. The highest BCUT2D eigenvalue weighted by Crippen LogP contribution is 2.42. The van der Waals surface area contributed by atoms with Crippen LogP contribution in [-0.2, 0) is 0 Å². The third kappa shape index (κ3) is 4.52. The summed E-state index contributed by atoms with van der Waals surface area (Å²) < 4.78 is 11.1. The minimum Gasteiger partial charge on any atom is -0.508 e. The highest BCUT2D eigenvalue weighted by molar-refractivity contribution is 5.52. The van der Waals surface area contributed by atoms with Crippen molar-refractivity contribution in [2.75, 3.05) is 40.4 Å². The average molecular weight is 322 g/mol. The van der Waals surface area contributed by atoms with E-state index in [1.807, 2.05) is 0 Å². The van der Waals surface area contributed by atoms with Crippen LogP contribution in [0.3, 0.4) is 0 Å². The first kappa shape index (κ1) is 17.9. The summed E-state index contributed by atoms with van der Waals surface area (Å²) in [6.45, 7) is 6.27. The van der Waals surface area contributed by atoms with Crippen LogP contribution in [0.25, 0.3) is 0 Å². The fourth-order valence-corrected chi connectivity index (χ4v) is 3.34. The van der Waals surface area contributed by atoms with Gasteiger partial charge in [0.1, 0.15) is 17.2 Å². The van der Waals surface area contributed by atoms with Crippen LogP contribution in [0.4, 0.5) is 0 Å². The van der Waals surface area contributed by atoms with Crippen molar-refractivity contribution in [3.63, 3.8) is 0 Å².